The van der Waals surface area contributed by atoms with Crippen LogP contribution in [0.15, 0.2) is 12.1 Å². The number of ether oxygens (including phenoxy) is 1. The Morgan fingerprint density at radius 1 is 1.47 bits per heavy atom. The van der Waals surface area contributed by atoms with Crippen LogP contribution in [-0.2, 0) is 5.41 Å². The van der Waals surface area contributed by atoms with E-state index in [1.54, 1.807) is 7.11 Å². The Morgan fingerprint density at radius 2 is 2.13 bits per heavy atom. The summed E-state index contributed by atoms with van der Waals surface area (Å²) < 4.78 is 5.40. The summed E-state index contributed by atoms with van der Waals surface area (Å²) in [5.74, 6) is 0.878. The van der Waals surface area contributed by atoms with Crippen LogP contribution in [0.3, 0.4) is 0 Å². The van der Waals surface area contributed by atoms with Gasteiger partial charge in [0.1, 0.15) is 5.75 Å². The van der Waals surface area contributed by atoms with Crippen LogP contribution in [0.2, 0.25) is 5.02 Å². The third kappa shape index (κ3) is 1.72. The van der Waals surface area contributed by atoms with Crippen LogP contribution in [-0.4, -0.2) is 13.7 Å². The highest BCUT2D eigenvalue weighted by Crippen LogP contribution is 2.53. The summed E-state index contributed by atoms with van der Waals surface area (Å²) in [6, 6.07) is 4.01. The first kappa shape index (κ1) is 10.8. The number of aryl methyl sites for hydroxylation is 1. The molecule has 82 valence electrons. The molecule has 1 saturated carbocycles. The van der Waals surface area contributed by atoms with Crippen LogP contribution in [0.4, 0.5) is 0 Å². The molecule has 0 aliphatic heterocycles. The van der Waals surface area contributed by atoms with Crippen molar-refractivity contribution in [3.8, 4) is 5.75 Å². The van der Waals surface area contributed by atoms with Crippen LogP contribution in [0, 0.1) is 6.92 Å². The van der Waals surface area contributed by atoms with E-state index in [-0.39, 0.29) is 5.41 Å². The largest absolute Gasteiger partial charge is 0.496 e. The molecule has 2 N–H and O–H groups in total. The van der Waals surface area contributed by atoms with Gasteiger partial charge >= 0.3 is 0 Å². The van der Waals surface area contributed by atoms with Gasteiger partial charge in [0.2, 0.25) is 0 Å². The van der Waals surface area contributed by atoms with Gasteiger partial charge in [0.25, 0.3) is 0 Å². The van der Waals surface area contributed by atoms with E-state index in [1.807, 2.05) is 19.1 Å². The maximum atomic E-state index is 6.28. The van der Waals surface area contributed by atoms with E-state index in [0.29, 0.717) is 6.54 Å². The second-order valence-electron chi connectivity index (χ2n) is 4.31. The van der Waals surface area contributed by atoms with Crippen molar-refractivity contribution in [2.24, 2.45) is 5.73 Å². The lowest BCUT2D eigenvalue weighted by molar-refractivity contribution is 0.404. The molecule has 1 aliphatic rings. The number of benzene rings is 1. The summed E-state index contributed by atoms with van der Waals surface area (Å²) in [6.45, 7) is 2.66. The topological polar surface area (TPSA) is 35.2 Å². The molecule has 2 nitrogen and oxygen atoms in total. The van der Waals surface area contributed by atoms with E-state index in [1.165, 1.54) is 0 Å². The van der Waals surface area contributed by atoms with Gasteiger partial charge in [-0.05, 0) is 37.5 Å². The van der Waals surface area contributed by atoms with E-state index >= 15 is 0 Å². The van der Waals surface area contributed by atoms with Gasteiger partial charge in [-0.25, -0.2) is 0 Å². The van der Waals surface area contributed by atoms with Gasteiger partial charge in [0.15, 0.2) is 0 Å². The summed E-state index contributed by atoms with van der Waals surface area (Å²) in [4.78, 5) is 0. The van der Waals surface area contributed by atoms with Gasteiger partial charge in [-0.3, -0.25) is 0 Å². The van der Waals surface area contributed by atoms with Gasteiger partial charge in [-0.2, -0.15) is 0 Å². The van der Waals surface area contributed by atoms with Gasteiger partial charge in [-0.15, -0.1) is 0 Å². The van der Waals surface area contributed by atoms with E-state index < -0.39 is 0 Å². The average Bonchev–Trinajstić information content (AvgIpc) is 2.97. The molecule has 2 rings (SSSR count). The lowest BCUT2D eigenvalue weighted by Crippen LogP contribution is -2.21. The van der Waals surface area contributed by atoms with Crippen LogP contribution in [0.1, 0.15) is 24.0 Å². The Morgan fingerprint density at radius 3 is 2.60 bits per heavy atom. The van der Waals surface area contributed by atoms with E-state index in [0.717, 1.165) is 34.7 Å². The zero-order valence-corrected chi connectivity index (χ0v) is 9.90. The Balaban J connectivity index is 2.54. The standard InChI is InChI=1S/C12H16ClNO/c1-8-5-9(13)11(10(6-8)15-2)12(7-14)3-4-12/h5-6H,3-4,7,14H2,1-2H3. The van der Waals surface area contributed by atoms with Crippen molar-refractivity contribution in [1.82, 2.24) is 0 Å². The third-order valence-corrected chi connectivity index (χ3v) is 3.49. The molecule has 0 bridgehead atoms. The smallest absolute Gasteiger partial charge is 0.124 e. The van der Waals surface area contributed by atoms with Crippen molar-refractivity contribution < 1.29 is 4.74 Å². The van der Waals surface area contributed by atoms with Crippen molar-refractivity contribution in [3.63, 3.8) is 0 Å². The minimum atomic E-state index is 0.0795. The van der Waals surface area contributed by atoms with Crippen molar-refractivity contribution in [3.05, 3.63) is 28.3 Å². The summed E-state index contributed by atoms with van der Waals surface area (Å²) >= 11 is 6.28. The predicted molar refractivity (Wildman–Crippen MR) is 62.7 cm³/mol. The fourth-order valence-corrected chi connectivity index (χ4v) is 2.56. The predicted octanol–water partition coefficient (Wildman–Crippen LogP) is 2.65. The van der Waals surface area contributed by atoms with Crippen molar-refractivity contribution >= 4 is 11.6 Å². The lowest BCUT2D eigenvalue weighted by atomic mass is 9.94. The monoisotopic (exact) mass is 225 g/mol. The molecule has 0 saturated heterocycles. The Labute approximate surface area is 95.4 Å². The van der Waals surface area contributed by atoms with Crippen molar-refractivity contribution in [2.75, 3.05) is 13.7 Å². The molecule has 1 aliphatic carbocycles. The van der Waals surface area contributed by atoms with E-state index in [9.17, 15) is 0 Å². The third-order valence-electron chi connectivity index (χ3n) is 3.19. The SMILES string of the molecule is COc1cc(C)cc(Cl)c1C1(CN)CC1. The Hall–Kier alpha value is -0.730. The number of nitrogens with two attached hydrogens (primary N) is 1. The average molecular weight is 226 g/mol. The highest BCUT2D eigenvalue weighted by molar-refractivity contribution is 6.31. The lowest BCUT2D eigenvalue weighted by Gasteiger charge is -2.19. The van der Waals surface area contributed by atoms with Crippen LogP contribution in [0.5, 0.6) is 5.75 Å². The molecule has 0 heterocycles. The summed E-state index contributed by atoms with van der Waals surface area (Å²) in [5, 5.41) is 0.787. The van der Waals surface area contributed by atoms with Gasteiger partial charge in [0.05, 0.1) is 7.11 Å². The highest BCUT2D eigenvalue weighted by Gasteiger charge is 2.46. The zero-order chi connectivity index (χ0) is 11.1. The molecular weight excluding hydrogens is 210 g/mol. The van der Waals surface area contributed by atoms with Crippen molar-refractivity contribution in [1.29, 1.82) is 0 Å². The number of hydrogen-bond donors (Lipinski definition) is 1. The van der Waals surface area contributed by atoms with Gasteiger partial charge in [-0.1, -0.05) is 11.6 Å². The first-order chi connectivity index (χ1) is 7.13. The number of rotatable bonds is 3. The molecule has 1 aromatic carbocycles. The molecule has 0 unspecified atom stereocenters. The molecule has 0 aromatic heterocycles. The fraction of sp³-hybridized carbons (Fsp3) is 0.500. The minimum Gasteiger partial charge on any atom is -0.496 e. The van der Waals surface area contributed by atoms with E-state index in [4.69, 9.17) is 22.1 Å². The van der Waals surface area contributed by atoms with Crippen LogP contribution < -0.4 is 10.5 Å². The first-order valence-corrected chi connectivity index (χ1v) is 5.55. The van der Waals surface area contributed by atoms with Crippen molar-refractivity contribution in [2.45, 2.75) is 25.2 Å². The number of hydrogen-bond acceptors (Lipinski definition) is 2. The summed E-state index contributed by atoms with van der Waals surface area (Å²) in [5.41, 5.74) is 8.11. The Kier molecular flexibility index (Phi) is 2.65. The molecule has 0 radical (unpaired) electrons. The number of methoxy groups -OCH3 is 1. The van der Waals surface area contributed by atoms with E-state index in [2.05, 4.69) is 0 Å². The summed E-state index contributed by atoms with van der Waals surface area (Å²) in [7, 11) is 1.68. The Bertz CT molecular complexity index is 385. The molecule has 0 spiro atoms. The molecule has 0 atom stereocenters. The molecule has 3 heteroatoms. The highest BCUT2D eigenvalue weighted by atomic mass is 35.5. The molecule has 15 heavy (non-hydrogen) atoms. The number of halogens is 1. The fourth-order valence-electron chi connectivity index (χ4n) is 2.09. The molecule has 0 amide bonds. The molecule has 1 aromatic rings. The maximum absolute atomic E-state index is 6.28. The quantitative estimate of drug-likeness (QED) is 0.859. The second kappa shape index (κ2) is 3.69. The second-order valence-corrected chi connectivity index (χ2v) is 4.72. The normalized spacial score (nSPS) is 17.6. The van der Waals surface area contributed by atoms with Gasteiger partial charge in [0, 0.05) is 22.5 Å². The van der Waals surface area contributed by atoms with Crippen LogP contribution >= 0.6 is 11.6 Å². The maximum Gasteiger partial charge on any atom is 0.124 e. The van der Waals surface area contributed by atoms with Crippen LogP contribution in [0.25, 0.3) is 0 Å². The van der Waals surface area contributed by atoms with Gasteiger partial charge < -0.3 is 10.5 Å². The molecule has 1 fully saturated rings. The molecular formula is C12H16ClNO. The zero-order valence-electron chi connectivity index (χ0n) is 9.14. The minimum absolute atomic E-state index is 0.0795. The summed E-state index contributed by atoms with van der Waals surface area (Å²) in [6.07, 6.45) is 2.23. The first-order valence-electron chi connectivity index (χ1n) is 5.17.